The van der Waals surface area contributed by atoms with Crippen molar-refractivity contribution in [1.82, 2.24) is 20.1 Å². The molecule has 3 unspecified atom stereocenters. The summed E-state index contributed by atoms with van der Waals surface area (Å²) >= 11 is 0. The standard InChI is InChI=1S/C21H28N4O2/c1-26-21-8-7-17(27-20-4-2-3-10-22-20)13-19(21)25(11-9-21)14-16-12-18(24-23-16)15-5-6-15/h2-4,10,12,15,17,19H,5-9,11,13-14H2,1H3,(H,23,24). The highest BCUT2D eigenvalue weighted by molar-refractivity contribution is 5.18. The number of hydrogen-bond acceptors (Lipinski definition) is 5. The Balaban J connectivity index is 1.29. The van der Waals surface area contributed by atoms with Crippen LogP contribution >= 0.6 is 0 Å². The molecular weight excluding hydrogens is 340 g/mol. The maximum atomic E-state index is 6.18. The number of aromatic nitrogens is 3. The van der Waals surface area contributed by atoms with Crippen LogP contribution in [0.3, 0.4) is 0 Å². The molecule has 2 aromatic rings. The van der Waals surface area contributed by atoms with E-state index < -0.39 is 0 Å². The monoisotopic (exact) mass is 368 g/mol. The molecule has 1 aliphatic heterocycles. The Hall–Kier alpha value is -1.92. The van der Waals surface area contributed by atoms with Gasteiger partial charge in [-0.1, -0.05) is 6.07 Å². The first-order valence-electron chi connectivity index (χ1n) is 10.2. The SMILES string of the molecule is COC12CCC(Oc3ccccn3)CC1N(Cc1cc(C3CC3)n[nH]1)CC2. The molecule has 0 amide bonds. The molecule has 6 nitrogen and oxygen atoms in total. The van der Waals surface area contributed by atoms with Crippen LogP contribution in [0.1, 0.15) is 55.8 Å². The van der Waals surface area contributed by atoms with Crippen LogP contribution in [0.4, 0.5) is 0 Å². The van der Waals surface area contributed by atoms with Gasteiger partial charge in [0.15, 0.2) is 0 Å². The van der Waals surface area contributed by atoms with Crippen molar-refractivity contribution >= 4 is 0 Å². The van der Waals surface area contributed by atoms with Crippen molar-refractivity contribution in [1.29, 1.82) is 0 Å². The molecule has 0 aromatic carbocycles. The molecule has 2 aliphatic carbocycles. The van der Waals surface area contributed by atoms with Gasteiger partial charge < -0.3 is 9.47 Å². The van der Waals surface area contributed by atoms with Crippen molar-refractivity contribution in [3.05, 3.63) is 41.9 Å². The highest BCUT2D eigenvalue weighted by Crippen LogP contribution is 2.44. The minimum atomic E-state index is -0.0384. The zero-order valence-electron chi connectivity index (χ0n) is 15.9. The first-order valence-corrected chi connectivity index (χ1v) is 10.2. The van der Waals surface area contributed by atoms with E-state index in [0.29, 0.717) is 12.0 Å². The zero-order chi connectivity index (χ0) is 18.3. The van der Waals surface area contributed by atoms with Crippen LogP contribution in [0.15, 0.2) is 30.5 Å². The Bertz CT molecular complexity index is 775. The van der Waals surface area contributed by atoms with E-state index in [4.69, 9.17) is 9.47 Å². The van der Waals surface area contributed by atoms with Crippen LogP contribution in [-0.4, -0.2) is 51.5 Å². The van der Waals surface area contributed by atoms with Crippen LogP contribution in [0.5, 0.6) is 5.88 Å². The number of aromatic amines is 1. The quantitative estimate of drug-likeness (QED) is 0.848. The number of H-pyrrole nitrogens is 1. The van der Waals surface area contributed by atoms with Crippen molar-refractivity contribution in [3.8, 4) is 5.88 Å². The molecule has 5 rings (SSSR count). The van der Waals surface area contributed by atoms with Gasteiger partial charge in [-0.3, -0.25) is 10.00 Å². The van der Waals surface area contributed by atoms with Crippen LogP contribution < -0.4 is 4.74 Å². The summed E-state index contributed by atoms with van der Waals surface area (Å²) in [6, 6.07) is 8.46. The molecule has 2 saturated carbocycles. The molecular formula is C21H28N4O2. The van der Waals surface area contributed by atoms with Gasteiger partial charge >= 0.3 is 0 Å². The van der Waals surface area contributed by atoms with Crippen LogP contribution in [-0.2, 0) is 11.3 Å². The predicted molar refractivity (Wildman–Crippen MR) is 102 cm³/mol. The molecule has 27 heavy (non-hydrogen) atoms. The number of nitrogens with one attached hydrogen (secondary N) is 1. The summed E-state index contributed by atoms with van der Waals surface area (Å²) in [6.45, 7) is 1.97. The lowest BCUT2D eigenvalue weighted by Crippen LogP contribution is -2.52. The number of likely N-dealkylation sites (tertiary alicyclic amines) is 1. The molecule has 1 N–H and O–H groups in total. The summed E-state index contributed by atoms with van der Waals surface area (Å²) in [5.41, 5.74) is 2.42. The molecule has 3 aliphatic rings. The predicted octanol–water partition coefficient (Wildman–Crippen LogP) is 3.27. The number of methoxy groups -OCH3 is 1. The topological polar surface area (TPSA) is 63.3 Å². The normalized spacial score (nSPS) is 31.0. The van der Waals surface area contributed by atoms with E-state index in [1.54, 1.807) is 6.20 Å². The number of nitrogens with zero attached hydrogens (tertiary/aromatic N) is 3. The average Bonchev–Trinajstić information content (AvgIpc) is 3.35. The van der Waals surface area contributed by atoms with E-state index in [9.17, 15) is 0 Å². The lowest BCUT2D eigenvalue weighted by atomic mass is 9.79. The van der Waals surface area contributed by atoms with Gasteiger partial charge in [0, 0.05) is 56.5 Å². The minimum absolute atomic E-state index is 0.0384. The Labute approximate surface area is 160 Å². The van der Waals surface area contributed by atoms with Gasteiger partial charge in [-0.05, 0) is 44.2 Å². The summed E-state index contributed by atoms with van der Waals surface area (Å²) in [5, 5.41) is 7.77. The number of fused-ring (bicyclic) bond motifs is 1. The molecule has 144 valence electrons. The number of rotatable bonds is 6. The first-order chi connectivity index (χ1) is 13.3. The lowest BCUT2D eigenvalue weighted by Gasteiger charge is -2.43. The summed E-state index contributed by atoms with van der Waals surface area (Å²) in [5.74, 6) is 1.41. The van der Waals surface area contributed by atoms with Crippen molar-refractivity contribution in [2.24, 2.45) is 0 Å². The van der Waals surface area contributed by atoms with Crippen molar-refractivity contribution in [2.45, 2.75) is 68.7 Å². The van der Waals surface area contributed by atoms with Gasteiger partial charge in [-0.2, -0.15) is 5.10 Å². The Kier molecular flexibility index (Phi) is 4.40. The summed E-state index contributed by atoms with van der Waals surface area (Å²) in [6.07, 6.45) is 8.68. The number of hydrogen-bond donors (Lipinski definition) is 1. The van der Waals surface area contributed by atoms with E-state index in [1.807, 2.05) is 25.3 Å². The fourth-order valence-corrected chi connectivity index (χ4v) is 4.91. The van der Waals surface area contributed by atoms with E-state index in [2.05, 4.69) is 26.1 Å². The first kappa shape index (κ1) is 17.2. The molecule has 2 aromatic heterocycles. The van der Waals surface area contributed by atoms with Crippen molar-refractivity contribution in [3.63, 3.8) is 0 Å². The fraction of sp³-hybridized carbons (Fsp3) is 0.619. The molecule has 1 saturated heterocycles. The van der Waals surface area contributed by atoms with Crippen LogP contribution in [0.2, 0.25) is 0 Å². The molecule has 6 heteroatoms. The summed E-state index contributed by atoms with van der Waals surface area (Å²) < 4.78 is 12.3. The molecule has 3 fully saturated rings. The van der Waals surface area contributed by atoms with Gasteiger partial charge in [0.25, 0.3) is 0 Å². The fourth-order valence-electron chi connectivity index (χ4n) is 4.91. The highest BCUT2D eigenvalue weighted by atomic mass is 16.5. The molecule has 3 atom stereocenters. The highest BCUT2D eigenvalue weighted by Gasteiger charge is 2.51. The molecule has 0 bridgehead atoms. The third-order valence-corrected chi connectivity index (χ3v) is 6.60. The molecule has 0 radical (unpaired) electrons. The van der Waals surface area contributed by atoms with Gasteiger partial charge in [-0.25, -0.2) is 4.98 Å². The molecule has 3 heterocycles. The largest absolute Gasteiger partial charge is 0.474 e. The van der Waals surface area contributed by atoms with E-state index in [1.165, 1.54) is 24.2 Å². The third-order valence-electron chi connectivity index (χ3n) is 6.60. The van der Waals surface area contributed by atoms with Crippen LogP contribution in [0.25, 0.3) is 0 Å². The number of pyridine rings is 1. The third kappa shape index (κ3) is 3.36. The van der Waals surface area contributed by atoms with E-state index >= 15 is 0 Å². The Morgan fingerprint density at radius 1 is 1.26 bits per heavy atom. The average molecular weight is 368 g/mol. The Morgan fingerprint density at radius 3 is 2.96 bits per heavy atom. The van der Waals surface area contributed by atoms with Gasteiger partial charge in [0.1, 0.15) is 6.10 Å². The summed E-state index contributed by atoms with van der Waals surface area (Å²) in [7, 11) is 1.87. The van der Waals surface area contributed by atoms with Crippen LogP contribution in [0, 0.1) is 0 Å². The summed E-state index contributed by atoms with van der Waals surface area (Å²) in [4.78, 5) is 6.88. The maximum Gasteiger partial charge on any atom is 0.213 e. The molecule has 0 spiro atoms. The smallest absolute Gasteiger partial charge is 0.213 e. The van der Waals surface area contributed by atoms with Crippen molar-refractivity contribution in [2.75, 3.05) is 13.7 Å². The van der Waals surface area contributed by atoms with Gasteiger partial charge in [0.05, 0.1) is 11.3 Å². The second-order valence-electron chi connectivity index (χ2n) is 8.28. The number of ether oxygens (including phenoxy) is 2. The minimum Gasteiger partial charge on any atom is -0.474 e. The van der Waals surface area contributed by atoms with Crippen molar-refractivity contribution < 1.29 is 9.47 Å². The maximum absolute atomic E-state index is 6.18. The second-order valence-corrected chi connectivity index (χ2v) is 8.28. The Morgan fingerprint density at radius 2 is 2.19 bits per heavy atom. The van der Waals surface area contributed by atoms with E-state index in [0.717, 1.165) is 44.7 Å². The lowest BCUT2D eigenvalue weighted by molar-refractivity contribution is -0.0844. The van der Waals surface area contributed by atoms with Gasteiger partial charge in [-0.15, -0.1) is 0 Å². The van der Waals surface area contributed by atoms with Gasteiger partial charge in [0.2, 0.25) is 5.88 Å². The second kappa shape index (κ2) is 6.91. The zero-order valence-corrected chi connectivity index (χ0v) is 15.9. The van der Waals surface area contributed by atoms with E-state index in [-0.39, 0.29) is 11.7 Å².